The average Bonchev–Trinajstić information content (AvgIpc) is 2.81. The summed E-state index contributed by atoms with van der Waals surface area (Å²) >= 11 is 0. The van der Waals surface area contributed by atoms with Crippen molar-refractivity contribution in [3.8, 4) is 0 Å². The van der Waals surface area contributed by atoms with Gasteiger partial charge in [-0.25, -0.2) is 4.98 Å². The summed E-state index contributed by atoms with van der Waals surface area (Å²) in [6.45, 7) is 9.33. The van der Waals surface area contributed by atoms with Crippen LogP contribution in [0.5, 0.6) is 0 Å². The predicted octanol–water partition coefficient (Wildman–Crippen LogP) is 0.539. The van der Waals surface area contributed by atoms with Crippen molar-refractivity contribution < 1.29 is 0 Å². The Morgan fingerprint density at radius 3 is 2.89 bits per heavy atom. The van der Waals surface area contributed by atoms with Crippen molar-refractivity contribution in [3.05, 3.63) is 18.2 Å². The maximum Gasteiger partial charge on any atom is 0.0948 e. The Labute approximate surface area is 110 Å². The fourth-order valence-electron chi connectivity index (χ4n) is 2.92. The highest BCUT2D eigenvalue weighted by atomic mass is 15.3. The van der Waals surface area contributed by atoms with Gasteiger partial charge in [-0.1, -0.05) is 0 Å². The first kappa shape index (κ1) is 13.5. The molecule has 2 rings (SSSR count). The highest BCUT2D eigenvalue weighted by Gasteiger charge is 2.29. The highest BCUT2D eigenvalue weighted by Crippen LogP contribution is 2.24. The number of rotatable bonds is 4. The molecule has 1 aliphatic heterocycles. The predicted molar refractivity (Wildman–Crippen MR) is 73.4 cm³/mol. The molecule has 0 aromatic carbocycles. The summed E-state index contributed by atoms with van der Waals surface area (Å²) < 4.78 is 2.20. The molecule has 2 atom stereocenters. The number of piperazine rings is 1. The fourth-order valence-corrected chi connectivity index (χ4v) is 2.92. The lowest BCUT2D eigenvalue weighted by molar-refractivity contribution is 0.0607. The van der Waals surface area contributed by atoms with E-state index in [1.165, 1.54) is 5.69 Å². The van der Waals surface area contributed by atoms with Crippen molar-refractivity contribution >= 4 is 0 Å². The van der Waals surface area contributed by atoms with Gasteiger partial charge in [0.1, 0.15) is 0 Å². The number of nitrogens with two attached hydrogens (primary N) is 1. The maximum absolute atomic E-state index is 6.02. The van der Waals surface area contributed by atoms with Crippen molar-refractivity contribution in [1.82, 2.24) is 19.4 Å². The largest absolute Gasteiger partial charge is 0.333 e. The standard InChI is InChI=1S/C13H25N5/c1-4-17-10-15-8-13(17)12(7-14)18-6-5-16(3)9-11(18)2/h8,10-12H,4-7,9,14H2,1-3H3. The van der Waals surface area contributed by atoms with E-state index >= 15 is 0 Å². The minimum Gasteiger partial charge on any atom is -0.333 e. The number of imidazole rings is 1. The third-order valence-corrected chi connectivity index (χ3v) is 3.93. The van der Waals surface area contributed by atoms with Crippen molar-refractivity contribution in [2.24, 2.45) is 5.73 Å². The van der Waals surface area contributed by atoms with Crippen LogP contribution in [0.4, 0.5) is 0 Å². The third-order valence-electron chi connectivity index (χ3n) is 3.93. The molecule has 102 valence electrons. The molecule has 0 bridgehead atoms. The van der Waals surface area contributed by atoms with E-state index in [-0.39, 0.29) is 6.04 Å². The first-order valence-corrected chi connectivity index (χ1v) is 6.81. The Morgan fingerprint density at radius 1 is 1.50 bits per heavy atom. The lowest BCUT2D eigenvalue weighted by Gasteiger charge is -2.42. The number of aryl methyl sites for hydroxylation is 1. The van der Waals surface area contributed by atoms with Crippen molar-refractivity contribution in [3.63, 3.8) is 0 Å². The Morgan fingerprint density at radius 2 is 2.28 bits per heavy atom. The molecule has 2 heterocycles. The van der Waals surface area contributed by atoms with Gasteiger partial charge >= 0.3 is 0 Å². The molecule has 0 amide bonds. The van der Waals surface area contributed by atoms with Crippen LogP contribution in [-0.2, 0) is 6.54 Å². The van der Waals surface area contributed by atoms with Gasteiger partial charge in [-0.2, -0.15) is 0 Å². The Balaban J connectivity index is 2.18. The molecule has 5 heteroatoms. The summed E-state index contributed by atoms with van der Waals surface area (Å²) in [5, 5.41) is 0. The molecule has 0 saturated carbocycles. The molecule has 1 fully saturated rings. The first-order valence-electron chi connectivity index (χ1n) is 6.81. The summed E-state index contributed by atoms with van der Waals surface area (Å²) in [5.74, 6) is 0. The molecule has 0 radical (unpaired) electrons. The van der Waals surface area contributed by atoms with Gasteiger partial charge in [0, 0.05) is 45.0 Å². The van der Waals surface area contributed by atoms with Gasteiger partial charge in [-0.3, -0.25) is 4.90 Å². The van der Waals surface area contributed by atoms with Gasteiger partial charge in [0.2, 0.25) is 0 Å². The number of hydrogen-bond acceptors (Lipinski definition) is 4. The maximum atomic E-state index is 6.02. The zero-order valence-electron chi connectivity index (χ0n) is 11.7. The Kier molecular flexibility index (Phi) is 4.37. The molecule has 1 aromatic rings. The van der Waals surface area contributed by atoms with Gasteiger partial charge in [-0.15, -0.1) is 0 Å². The zero-order chi connectivity index (χ0) is 13.1. The van der Waals surface area contributed by atoms with E-state index in [9.17, 15) is 0 Å². The van der Waals surface area contributed by atoms with Crippen LogP contribution < -0.4 is 5.73 Å². The highest BCUT2D eigenvalue weighted by molar-refractivity contribution is 5.08. The van der Waals surface area contributed by atoms with Crippen molar-refractivity contribution in [1.29, 1.82) is 0 Å². The first-order chi connectivity index (χ1) is 8.67. The van der Waals surface area contributed by atoms with Gasteiger partial charge in [0.05, 0.1) is 18.1 Å². The molecule has 2 unspecified atom stereocenters. The minimum absolute atomic E-state index is 0.288. The molecule has 0 aliphatic carbocycles. The topological polar surface area (TPSA) is 50.3 Å². The lowest BCUT2D eigenvalue weighted by Crippen LogP contribution is -2.53. The third kappa shape index (κ3) is 2.58. The summed E-state index contributed by atoms with van der Waals surface area (Å²) in [7, 11) is 2.18. The smallest absolute Gasteiger partial charge is 0.0948 e. The number of aromatic nitrogens is 2. The second-order valence-electron chi connectivity index (χ2n) is 5.21. The van der Waals surface area contributed by atoms with Crippen LogP contribution >= 0.6 is 0 Å². The molecular formula is C13H25N5. The molecule has 1 saturated heterocycles. The van der Waals surface area contributed by atoms with Gasteiger partial charge in [0.15, 0.2) is 0 Å². The van der Waals surface area contributed by atoms with Crippen LogP contribution in [0.1, 0.15) is 25.6 Å². The quantitative estimate of drug-likeness (QED) is 0.848. The molecule has 1 aromatic heterocycles. The molecule has 0 spiro atoms. The number of likely N-dealkylation sites (N-methyl/N-ethyl adjacent to an activating group) is 1. The summed E-state index contributed by atoms with van der Waals surface area (Å²) in [6, 6.07) is 0.827. The monoisotopic (exact) mass is 251 g/mol. The SMILES string of the molecule is CCn1cncc1C(CN)N1CCN(C)CC1C. The molecule has 1 aliphatic rings. The second-order valence-corrected chi connectivity index (χ2v) is 5.21. The Hall–Kier alpha value is -0.910. The average molecular weight is 251 g/mol. The van der Waals surface area contributed by atoms with E-state index in [2.05, 4.69) is 40.2 Å². The van der Waals surface area contributed by atoms with Crippen molar-refractivity contribution in [2.45, 2.75) is 32.5 Å². The second kappa shape index (κ2) is 5.82. The number of nitrogens with zero attached hydrogens (tertiary/aromatic N) is 4. The molecule has 2 N–H and O–H groups in total. The van der Waals surface area contributed by atoms with Crippen molar-refractivity contribution in [2.75, 3.05) is 33.2 Å². The lowest BCUT2D eigenvalue weighted by atomic mass is 10.1. The molecular weight excluding hydrogens is 226 g/mol. The summed E-state index contributed by atoms with van der Waals surface area (Å²) in [4.78, 5) is 9.16. The van der Waals surface area contributed by atoms with Crippen LogP contribution in [0.3, 0.4) is 0 Å². The van der Waals surface area contributed by atoms with E-state index in [0.29, 0.717) is 12.6 Å². The van der Waals surface area contributed by atoms with Gasteiger partial charge in [0.25, 0.3) is 0 Å². The van der Waals surface area contributed by atoms with E-state index in [4.69, 9.17) is 5.73 Å². The van der Waals surface area contributed by atoms with Crippen LogP contribution in [0.25, 0.3) is 0 Å². The molecule has 5 nitrogen and oxygen atoms in total. The van der Waals surface area contributed by atoms with Crippen LogP contribution in [0, 0.1) is 0 Å². The van der Waals surface area contributed by atoms with Crippen LogP contribution in [0.15, 0.2) is 12.5 Å². The van der Waals surface area contributed by atoms with Gasteiger partial charge in [-0.05, 0) is 20.9 Å². The number of hydrogen-bond donors (Lipinski definition) is 1. The van der Waals surface area contributed by atoms with E-state index in [1.54, 1.807) is 0 Å². The van der Waals surface area contributed by atoms with E-state index < -0.39 is 0 Å². The van der Waals surface area contributed by atoms with E-state index in [0.717, 1.165) is 26.2 Å². The minimum atomic E-state index is 0.288. The summed E-state index contributed by atoms with van der Waals surface area (Å²) in [5.41, 5.74) is 7.27. The fraction of sp³-hybridized carbons (Fsp3) is 0.769. The van der Waals surface area contributed by atoms with E-state index in [1.807, 2.05) is 12.5 Å². The zero-order valence-corrected chi connectivity index (χ0v) is 11.7. The van der Waals surface area contributed by atoms with Crippen LogP contribution in [-0.4, -0.2) is 58.6 Å². The van der Waals surface area contributed by atoms with Gasteiger partial charge < -0.3 is 15.2 Å². The normalized spacial score (nSPS) is 24.3. The Bertz CT molecular complexity index is 375. The summed E-state index contributed by atoms with van der Waals surface area (Å²) in [6.07, 6.45) is 3.87. The van der Waals surface area contributed by atoms with Crippen LogP contribution in [0.2, 0.25) is 0 Å². The molecule has 18 heavy (non-hydrogen) atoms.